The van der Waals surface area contributed by atoms with Gasteiger partial charge in [0.2, 0.25) is 0 Å². The first kappa shape index (κ1) is 25.2. The summed E-state index contributed by atoms with van der Waals surface area (Å²) in [4.78, 5) is 58.3. The van der Waals surface area contributed by atoms with E-state index in [4.69, 9.17) is 20.4 Å². The number of aliphatic carboxylic acids is 5. The van der Waals surface area contributed by atoms with Gasteiger partial charge in [0, 0.05) is 26.2 Å². The molecule has 0 amide bonds. The number of hydrogen-bond acceptors (Lipinski definition) is 8. The first-order valence-electron chi connectivity index (χ1n) is 8.21. The lowest BCUT2D eigenvalue weighted by atomic mass is 10.2. The van der Waals surface area contributed by atoms with Gasteiger partial charge >= 0.3 is 29.8 Å². The summed E-state index contributed by atoms with van der Waals surface area (Å²) in [5.74, 6) is -6.16. The lowest BCUT2D eigenvalue weighted by Crippen LogP contribution is -2.48. The van der Waals surface area contributed by atoms with Gasteiger partial charge in [-0.25, -0.2) is 0 Å². The van der Waals surface area contributed by atoms with Crippen molar-refractivity contribution in [1.82, 2.24) is 14.7 Å². The summed E-state index contributed by atoms with van der Waals surface area (Å²) in [6, 6.07) is -1.03. The second kappa shape index (κ2) is 12.6. The number of hydrogen-bond donors (Lipinski definition) is 5. The molecular weight excluding hydrogens is 382 g/mol. The molecule has 28 heavy (non-hydrogen) atoms. The molecule has 0 radical (unpaired) electrons. The van der Waals surface area contributed by atoms with Gasteiger partial charge in [0.1, 0.15) is 6.04 Å². The molecule has 0 aromatic heterocycles. The van der Waals surface area contributed by atoms with E-state index in [-0.39, 0.29) is 26.2 Å². The minimum atomic E-state index is -1.24. The van der Waals surface area contributed by atoms with Crippen LogP contribution in [-0.2, 0) is 24.0 Å². The molecule has 5 N–H and O–H groups in total. The van der Waals surface area contributed by atoms with Gasteiger partial charge in [-0.15, -0.1) is 0 Å². The highest BCUT2D eigenvalue weighted by Gasteiger charge is 2.24. The minimum absolute atomic E-state index is 0.0119. The van der Waals surface area contributed by atoms with Crippen molar-refractivity contribution in [2.45, 2.75) is 13.0 Å². The maximum atomic E-state index is 11.3. The predicted molar refractivity (Wildman–Crippen MR) is 92.1 cm³/mol. The fourth-order valence-electron chi connectivity index (χ4n) is 2.39. The monoisotopic (exact) mass is 407 g/mol. The molecule has 1 unspecified atom stereocenters. The molecule has 0 bridgehead atoms. The Morgan fingerprint density at radius 3 is 1.11 bits per heavy atom. The molecule has 0 aromatic rings. The SMILES string of the molecule is CC(C(=O)O)N(CCN(CC(=O)O)CC(=O)O)CCN(CC(=O)O)CC(=O)O. The normalized spacial score (nSPS) is 12.3. The summed E-state index contributed by atoms with van der Waals surface area (Å²) < 4.78 is 0. The Balaban J connectivity index is 5.07. The van der Waals surface area contributed by atoms with Crippen LogP contribution in [0.15, 0.2) is 0 Å². The first-order chi connectivity index (χ1) is 12.9. The van der Waals surface area contributed by atoms with Crippen LogP contribution in [0.1, 0.15) is 6.92 Å². The van der Waals surface area contributed by atoms with Crippen molar-refractivity contribution in [3.05, 3.63) is 0 Å². The third-order valence-electron chi connectivity index (χ3n) is 3.75. The summed E-state index contributed by atoms with van der Waals surface area (Å²) in [7, 11) is 0. The second-order valence-corrected chi connectivity index (χ2v) is 6.05. The lowest BCUT2D eigenvalue weighted by molar-refractivity contribution is -0.145. The fourth-order valence-corrected chi connectivity index (χ4v) is 2.39. The van der Waals surface area contributed by atoms with Gasteiger partial charge in [0.15, 0.2) is 0 Å². The quantitative estimate of drug-likeness (QED) is 0.183. The second-order valence-electron chi connectivity index (χ2n) is 6.05. The molecule has 0 aromatic carbocycles. The van der Waals surface area contributed by atoms with Crippen LogP contribution in [0.4, 0.5) is 0 Å². The molecule has 0 rings (SSSR count). The van der Waals surface area contributed by atoms with Gasteiger partial charge in [-0.2, -0.15) is 0 Å². The molecule has 160 valence electrons. The predicted octanol–water partition coefficient (Wildman–Crippen LogP) is -2.30. The zero-order chi connectivity index (χ0) is 21.9. The van der Waals surface area contributed by atoms with Gasteiger partial charge in [-0.05, 0) is 6.92 Å². The molecule has 0 saturated heterocycles. The van der Waals surface area contributed by atoms with E-state index in [1.807, 2.05) is 0 Å². The van der Waals surface area contributed by atoms with Crippen LogP contribution in [0.5, 0.6) is 0 Å². The van der Waals surface area contributed by atoms with Gasteiger partial charge in [-0.1, -0.05) is 0 Å². The Morgan fingerprint density at radius 1 is 0.607 bits per heavy atom. The molecule has 0 spiro atoms. The van der Waals surface area contributed by atoms with Crippen molar-refractivity contribution in [3.8, 4) is 0 Å². The largest absolute Gasteiger partial charge is 0.480 e. The molecule has 0 aliphatic heterocycles. The molecule has 0 saturated carbocycles. The Morgan fingerprint density at radius 2 is 0.893 bits per heavy atom. The smallest absolute Gasteiger partial charge is 0.320 e. The van der Waals surface area contributed by atoms with E-state index in [0.717, 1.165) is 9.80 Å². The minimum Gasteiger partial charge on any atom is -0.480 e. The van der Waals surface area contributed by atoms with Crippen LogP contribution in [0, 0.1) is 0 Å². The summed E-state index contributed by atoms with van der Waals surface area (Å²) in [6.07, 6.45) is 0. The first-order valence-corrected chi connectivity index (χ1v) is 8.21. The van der Waals surface area contributed by atoms with Crippen LogP contribution in [-0.4, -0.2) is 128 Å². The van der Waals surface area contributed by atoms with E-state index in [1.165, 1.54) is 11.8 Å². The van der Waals surface area contributed by atoms with Crippen molar-refractivity contribution in [3.63, 3.8) is 0 Å². The Hall–Kier alpha value is -2.77. The zero-order valence-electron chi connectivity index (χ0n) is 15.4. The van der Waals surface area contributed by atoms with E-state index < -0.39 is 62.1 Å². The molecule has 13 heteroatoms. The maximum absolute atomic E-state index is 11.3. The van der Waals surface area contributed by atoms with Crippen LogP contribution in [0.25, 0.3) is 0 Å². The average Bonchev–Trinajstić information content (AvgIpc) is 2.51. The Labute approximate surface area is 160 Å². The number of carboxylic acids is 5. The summed E-state index contributed by atoms with van der Waals surface area (Å²) in [5.41, 5.74) is 0. The lowest BCUT2D eigenvalue weighted by Gasteiger charge is -2.30. The highest BCUT2D eigenvalue weighted by Crippen LogP contribution is 2.03. The van der Waals surface area contributed by atoms with E-state index in [2.05, 4.69) is 0 Å². The summed E-state index contributed by atoms with van der Waals surface area (Å²) in [6.45, 7) is -0.985. The van der Waals surface area contributed by atoms with E-state index >= 15 is 0 Å². The fraction of sp³-hybridized carbons (Fsp3) is 0.667. The third kappa shape index (κ3) is 11.8. The molecule has 0 aliphatic rings. The number of rotatable bonds is 16. The Kier molecular flexibility index (Phi) is 11.3. The van der Waals surface area contributed by atoms with Gasteiger partial charge in [-0.3, -0.25) is 38.7 Å². The third-order valence-corrected chi connectivity index (χ3v) is 3.75. The molecule has 0 fully saturated rings. The molecule has 13 nitrogen and oxygen atoms in total. The number of nitrogens with zero attached hydrogens (tertiary/aromatic N) is 3. The van der Waals surface area contributed by atoms with E-state index in [0.29, 0.717) is 0 Å². The highest BCUT2D eigenvalue weighted by molar-refractivity contribution is 5.74. The molecule has 0 aliphatic carbocycles. The zero-order valence-corrected chi connectivity index (χ0v) is 15.4. The van der Waals surface area contributed by atoms with Crippen molar-refractivity contribution in [1.29, 1.82) is 0 Å². The molecule has 1 atom stereocenters. The Bertz CT molecular complexity index is 510. The van der Waals surface area contributed by atoms with Crippen molar-refractivity contribution < 1.29 is 49.5 Å². The van der Waals surface area contributed by atoms with Gasteiger partial charge in [0.25, 0.3) is 0 Å². The topological polar surface area (TPSA) is 196 Å². The molecule has 0 heterocycles. The summed E-state index contributed by atoms with van der Waals surface area (Å²) in [5, 5.41) is 44.6. The standard InChI is InChI=1S/C15H25N3O10/c1-10(15(27)28)18(4-2-16(6-11(19)20)7-12(21)22)5-3-17(8-13(23)24)9-14(25)26/h10H,2-9H2,1H3,(H,19,20)(H,21,22)(H,23,24)(H,25,26)(H,27,28). The van der Waals surface area contributed by atoms with Crippen LogP contribution in [0.3, 0.4) is 0 Å². The van der Waals surface area contributed by atoms with Crippen LogP contribution < -0.4 is 0 Å². The average molecular weight is 407 g/mol. The highest BCUT2D eigenvalue weighted by atomic mass is 16.4. The summed E-state index contributed by atoms with van der Waals surface area (Å²) >= 11 is 0. The van der Waals surface area contributed by atoms with Gasteiger partial charge in [0.05, 0.1) is 26.2 Å². The number of carbonyl (C=O) groups is 5. The van der Waals surface area contributed by atoms with Crippen molar-refractivity contribution in [2.75, 3.05) is 52.4 Å². The van der Waals surface area contributed by atoms with E-state index in [1.54, 1.807) is 0 Å². The number of carboxylic acid groups (broad SMARTS) is 5. The molecular formula is C15H25N3O10. The van der Waals surface area contributed by atoms with Crippen molar-refractivity contribution >= 4 is 29.8 Å². The van der Waals surface area contributed by atoms with Gasteiger partial charge < -0.3 is 25.5 Å². The van der Waals surface area contributed by atoms with Crippen molar-refractivity contribution in [2.24, 2.45) is 0 Å². The maximum Gasteiger partial charge on any atom is 0.320 e. The van der Waals surface area contributed by atoms with Crippen LogP contribution in [0.2, 0.25) is 0 Å². The van der Waals surface area contributed by atoms with Crippen LogP contribution >= 0.6 is 0 Å². The van der Waals surface area contributed by atoms with E-state index in [9.17, 15) is 29.1 Å².